The second kappa shape index (κ2) is 4.36. The Morgan fingerprint density at radius 2 is 2.33 bits per heavy atom. The predicted molar refractivity (Wildman–Crippen MR) is 85.7 cm³/mol. The number of thiocarbonyl (C=S) groups is 1. The molecule has 2 aliphatic carbocycles. The summed E-state index contributed by atoms with van der Waals surface area (Å²) in [5.74, 6) is 0.293. The summed E-state index contributed by atoms with van der Waals surface area (Å²) in [6.07, 6.45) is 5.71. The number of hydrogen-bond acceptors (Lipinski definition) is 3. The molecule has 0 spiro atoms. The van der Waals surface area contributed by atoms with Crippen molar-refractivity contribution in [3.8, 4) is 0 Å². The van der Waals surface area contributed by atoms with Crippen molar-refractivity contribution in [3.05, 3.63) is 35.5 Å². The first-order valence-electron chi connectivity index (χ1n) is 7.38. The van der Waals surface area contributed by atoms with Crippen LogP contribution in [0.5, 0.6) is 0 Å². The predicted octanol–water partition coefficient (Wildman–Crippen LogP) is 3.40. The van der Waals surface area contributed by atoms with Crippen LogP contribution in [0.3, 0.4) is 0 Å². The first-order chi connectivity index (χ1) is 10.2. The van der Waals surface area contributed by atoms with Gasteiger partial charge in [-0.05, 0) is 55.1 Å². The number of ketones is 1. The fraction of sp³-hybridized carbons (Fsp3) is 0.412. The quantitative estimate of drug-likeness (QED) is 0.597. The maximum Gasteiger partial charge on any atom is 0.169 e. The molecule has 4 rings (SSSR count). The van der Waals surface area contributed by atoms with Crippen molar-refractivity contribution in [3.63, 3.8) is 0 Å². The minimum absolute atomic E-state index is 0.0591. The van der Waals surface area contributed by atoms with Crippen LogP contribution in [0.4, 0.5) is 0 Å². The van der Waals surface area contributed by atoms with Gasteiger partial charge in [0.25, 0.3) is 0 Å². The third-order valence-corrected chi connectivity index (χ3v) is 5.20. The number of hydrogen-bond donors (Lipinski definition) is 0. The fourth-order valence-electron chi connectivity index (χ4n) is 4.21. The Bertz CT molecular complexity index is 816. The van der Waals surface area contributed by atoms with Crippen LogP contribution in [-0.2, 0) is 23.8 Å². The Morgan fingerprint density at radius 3 is 3.14 bits per heavy atom. The number of aliphatic imine (C=N–C) groups is 1. The van der Waals surface area contributed by atoms with Gasteiger partial charge in [0.05, 0.1) is 5.16 Å². The molecule has 1 saturated carbocycles. The molecule has 3 nitrogen and oxygen atoms in total. The zero-order valence-corrected chi connectivity index (χ0v) is 12.7. The number of aryl methyl sites for hydroxylation is 1. The summed E-state index contributed by atoms with van der Waals surface area (Å²) >= 11 is 4.87. The highest BCUT2D eigenvalue weighted by molar-refractivity contribution is 7.78. The van der Waals surface area contributed by atoms with Gasteiger partial charge in [0.15, 0.2) is 11.3 Å². The Morgan fingerprint density at radius 1 is 1.48 bits per heavy atom. The highest BCUT2D eigenvalue weighted by atomic mass is 32.1. The van der Waals surface area contributed by atoms with E-state index in [9.17, 15) is 4.79 Å². The first kappa shape index (κ1) is 12.9. The summed E-state index contributed by atoms with van der Waals surface area (Å²) in [7, 11) is 2.06. The zero-order chi connectivity index (χ0) is 14.6. The SMILES string of the molecule is Cn1cc2c3c(cccc31)[C@]1(N=C=S)CCC[C@H](C2)C1=O. The average molecular weight is 296 g/mol. The molecule has 1 aromatic heterocycles. The zero-order valence-electron chi connectivity index (χ0n) is 11.9. The number of carbonyl (C=O) groups excluding carboxylic acids is 1. The minimum atomic E-state index is -0.795. The highest BCUT2D eigenvalue weighted by Crippen LogP contribution is 2.47. The molecule has 1 aromatic carbocycles. The summed E-state index contributed by atoms with van der Waals surface area (Å²) in [6.45, 7) is 0. The van der Waals surface area contributed by atoms with Gasteiger partial charge in [-0.1, -0.05) is 12.1 Å². The lowest BCUT2D eigenvalue weighted by Crippen LogP contribution is -2.41. The van der Waals surface area contributed by atoms with E-state index in [0.717, 1.165) is 31.2 Å². The molecule has 4 heteroatoms. The molecule has 0 saturated heterocycles. The number of fused-ring (bicyclic) bond motifs is 3. The number of rotatable bonds is 1. The molecule has 0 unspecified atom stereocenters. The van der Waals surface area contributed by atoms with Crippen molar-refractivity contribution < 1.29 is 4.79 Å². The van der Waals surface area contributed by atoms with Gasteiger partial charge in [0.2, 0.25) is 0 Å². The summed E-state index contributed by atoms with van der Waals surface area (Å²) in [4.78, 5) is 17.5. The van der Waals surface area contributed by atoms with Crippen LogP contribution >= 0.6 is 12.2 Å². The Balaban J connectivity index is 2.16. The maximum absolute atomic E-state index is 13.0. The Kier molecular flexibility index (Phi) is 2.69. The van der Waals surface area contributed by atoms with Gasteiger partial charge in [0, 0.05) is 30.1 Å². The molecule has 0 aliphatic heterocycles. The molecular weight excluding hydrogens is 280 g/mol. The average Bonchev–Trinajstić information content (AvgIpc) is 2.79. The van der Waals surface area contributed by atoms with Crippen LogP contribution < -0.4 is 0 Å². The Labute approximate surface area is 128 Å². The van der Waals surface area contributed by atoms with Gasteiger partial charge in [-0.25, -0.2) is 4.99 Å². The lowest BCUT2D eigenvalue weighted by molar-refractivity contribution is -0.130. The monoisotopic (exact) mass is 296 g/mol. The molecule has 0 radical (unpaired) electrons. The number of Topliss-reactive ketones (excluding diaryl/α,β-unsaturated/α-hetero) is 1. The number of aromatic nitrogens is 1. The van der Waals surface area contributed by atoms with Crippen molar-refractivity contribution in [2.24, 2.45) is 18.0 Å². The van der Waals surface area contributed by atoms with Crippen molar-refractivity contribution in [2.45, 2.75) is 31.2 Å². The lowest BCUT2D eigenvalue weighted by atomic mass is 9.71. The molecule has 21 heavy (non-hydrogen) atoms. The smallest absolute Gasteiger partial charge is 0.169 e. The van der Waals surface area contributed by atoms with Gasteiger partial charge in [-0.3, -0.25) is 4.79 Å². The first-order valence-corrected chi connectivity index (χ1v) is 7.79. The van der Waals surface area contributed by atoms with E-state index in [4.69, 9.17) is 12.2 Å². The standard InChI is InChI=1S/C17H16N2OS/c1-19-9-12-8-11-4-3-7-17(16(11)20,18-10-21)13-5-2-6-14(19)15(12)13/h2,5-6,9,11H,3-4,7-8H2,1H3/t11-,17-/m1/s1. The molecular formula is C17H16N2OS. The van der Waals surface area contributed by atoms with E-state index in [0.29, 0.717) is 0 Å². The lowest BCUT2D eigenvalue weighted by Gasteiger charge is -2.34. The summed E-state index contributed by atoms with van der Waals surface area (Å²) in [5.41, 5.74) is 2.67. The molecule has 2 atom stereocenters. The fourth-order valence-corrected chi connectivity index (χ4v) is 4.37. The molecule has 2 aliphatic rings. The summed E-state index contributed by atoms with van der Waals surface area (Å²) in [5, 5.41) is 3.70. The van der Waals surface area contributed by atoms with Gasteiger partial charge >= 0.3 is 0 Å². The Hall–Kier alpha value is -1.77. The van der Waals surface area contributed by atoms with E-state index in [1.54, 1.807) is 0 Å². The summed E-state index contributed by atoms with van der Waals surface area (Å²) in [6, 6.07) is 6.18. The van der Waals surface area contributed by atoms with Crippen molar-refractivity contribution >= 4 is 34.1 Å². The molecule has 1 fully saturated rings. The number of benzene rings is 1. The maximum atomic E-state index is 13.0. The van der Waals surface area contributed by atoms with Crippen molar-refractivity contribution in [1.29, 1.82) is 0 Å². The van der Waals surface area contributed by atoms with Crippen molar-refractivity contribution in [2.75, 3.05) is 0 Å². The molecule has 0 N–H and O–H groups in total. The van der Waals surface area contributed by atoms with E-state index in [1.165, 1.54) is 16.5 Å². The van der Waals surface area contributed by atoms with Crippen LogP contribution in [0.25, 0.3) is 10.9 Å². The molecule has 0 amide bonds. The topological polar surface area (TPSA) is 34.4 Å². The molecule has 2 aromatic rings. The van der Waals surface area contributed by atoms with Gasteiger partial charge < -0.3 is 4.57 Å². The van der Waals surface area contributed by atoms with Crippen LogP contribution in [0.2, 0.25) is 0 Å². The normalized spacial score (nSPS) is 27.3. The van der Waals surface area contributed by atoms with E-state index in [1.807, 2.05) is 12.1 Å². The largest absolute Gasteiger partial charge is 0.350 e. The molecule has 2 bridgehead atoms. The molecule has 106 valence electrons. The van der Waals surface area contributed by atoms with Crippen molar-refractivity contribution in [1.82, 2.24) is 4.57 Å². The summed E-state index contributed by atoms with van der Waals surface area (Å²) < 4.78 is 2.15. The van der Waals surface area contributed by atoms with Crippen LogP contribution in [-0.4, -0.2) is 15.5 Å². The van der Waals surface area contributed by atoms with E-state index in [-0.39, 0.29) is 11.7 Å². The van der Waals surface area contributed by atoms with Crippen LogP contribution in [0.1, 0.15) is 30.4 Å². The van der Waals surface area contributed by atoms with E-state index < -0.39 is 5.54 Å². The van der Waals surface area contributed by atoms with E-state index in [2.05, 4.69) is 34.0 Å². The molecule has 1 heterocycles. The second-order valence-electron chi connectivity index (χ2n) is 6.19. The second-order valence-corrected chi connectivity index (χ2v) is 6.37. The highest BCUT2D eigenvalue weighted by Gasteiger charge is 2.49. The van der Waals surface area contributed by atoms with Gasteiger partial charge in [-0.15, -0.1) is 0 Å². The number of nitrogens with zero attached hydrogens (tertiary/aromatic N) is 2. The minimum Gasteiger partial charge on any atom is -0.350 e. The number of isothiocyanates is 1. The van der Waals surface area contributed by atoms with Crippen LogP contribution in [0, 0.1) is 5.92 Å². The van der Waals surface area contributed by atoms with Crippen LogP contribution in [0.15, 0.2) is 29.4 Å². The van der Waals surface area contributed by atoms with Gasteiger partial charge in [-0.2, -0.15) is 0 Å². The van der Waals surface area contributed by atoms with E-state index >= 15 is 0 Å². The number of carbonyl (C=O) groups is 1. The van der Waals surface area contributed by atoms with Gasteiger partial charge in [0.1, 0.15) is 0 Å². The third-order valence-electron chi connectivity index (χ3n) is 5.11. The third kappa shape index (κ3) is 1.57.